The number of aromatic nitrogens is 1. The van der Waals surface area contributed by atoms with E-state index in [0.717, 1.165) is 48.5 Å². The standard InChI is InChI=1S/C28H22F6N2O5S/c1-15(2)23-21-6-4-3-5-20(21)22(27(29,30)31)25(35-23)24(16-7-11-18(12-8-16)41-28(32,33)34)36-42(39,40)19-13-9-17(10-14-19)26(37)38/h3-15,24,36H,1-2H3,(H,37,38). The number of benzene rings is 3. The summed E-state index contributed by atoms with van der Waals surface area (Å²) in [6.07, 6.45) is -10.1. The van der Waals surface area contributed by atoms with E-state index < -0.39 is 62.4 Å². The number of hydrogen-bond acceptors (Lipinski definition) is 5. The molecule has 0 bridgehead atoms. The lowest BCUT2D eigenvalue weighted by Crippen LogP contribution is -2.32. The van der Waals surface area contributed by atoms with Crippen molar-refractivity contribution in [1.29, 1.82) is 0 Å². The molecule has 1 atom stereocenters. The van der Waals surface area contributed by atoms with Crippen LogP contribution < -0.4 is 9.46 Å². The average Bonchev–Trinajstić information content (AvgIpc) is 2.90. The Kier molecular flexibility index (Phi) is 8.24. The molecule has 0 aliphatic heterocycles. The fourth-order valence-electron chi connectivity index (χ4n) is 4.40. The van der Waals surface area contributed by atoms with Crippen molar-refractivity contribution in [3.8, 4) is 5.75 Å². The summed E-state index contributed by atoms with van der Waals surface area (Å²) in [4.78, 5) is 15.0. The van der Waals surface area contributed by atoms with Crippen molar-refractivity contribution in [2.45, 2.75) is 43.2 Å². The number of nitrogens with zero attached hydrogens (tertiary/aromatic N) is 1. The normalized spacial score (nSPS) is 13.4. The van der Waals surface area contributed by atoms with Crippen molar-refractivity contribution in [3.63, 3.8) is 0 Å². The van der Waals surface area contributed by atoms with E-state index >= 15 is 0 Å². The van der Waals surface area contributed by atoms with E-state index in [2.05, 4.69) is 14.4 Å². The van der Waals surface area contributed by atoms with Gasteiger partial charge < -0.3 is 9.84 Å². The molecule has 3 aromatic carbocycles. The molecule has 7 nitrogen and oxygen atoms in total. The number of ether oxygens (including phenoxy) is 1. The van der Waals surface area contributed by atoms with E-state index in [1.165, 1.54) is 24.3 Å². The first-order valence-electron chi connectivity index (χ1n) is 12.2. The second-order valence-electron chi connectivity index (χ2n) is 9.46. The lowest BCUT2D eigenvalue weighted by molar-refractivity contribution is -0.274. The molecular formula is C28H22F6N2O5S. The Labute approximate surface area is 235 Å². The SMILES string of the molecule is CC(C)c1nc(C(NS(=O)(=O)c2ccc(C(=O)O)cc2)c2ccc(OC(F)(F)F)cc2)c(C(F)(F)F)c2ccccc12. The molecule has 222 valence electrons. The Balaban J connectivity index is 1.97. The number of pyridine rings is 1. The van der Waals surface area contributed by atoms with Crippen molar-refractivity contribution < 1.29 is 49.4 Å². The molecule has 4 aromatic rings. The Morgan fingerprint density at radius 3 is 1.93 bits per heavy atom. The number of fused-ring (bicyclic) bond motifs is 1. The van der Waals surface area contributed by atoms with Gasteiger partial charge in [0.1, 0.15) is 5.75 Å². The Bertz CT molecular complexity index is 1720. The zero-order valence-electron chi connectivity index (χ0n) is 21.8. The number of nitrogens with one attached hydrogen (secondary N) is 1. The third-order valence-electron chi connectivity index (χ3n) is 6.20. The van der Waals surface area contributed by atoms with Gasteiger partial charge in [-0.15, -0.1) is 13.2 Å². The van der Waals surface area contributed by atoms with Gasteiger partial charge in [-0.25, -0.2) is 13.2 Å². The molecule has 1 aromatic heterocycles. The van der Waals surface area contributed by atoms with Gasteiger partial charge in [0.15, 0.2) is 0 Å². The first kappa shape index (κ1) is 30.8. The molecule has 4 rings (SSSR count). The van der Waals surface area contributed by atoms with Crippen LogP contribution in [0, 0.1) is 0 Å². The number of carbonyl (C=O) groups is 1. The lowest BCUT2D eigenvalue weighted by Gasteiger charge is -2.26. The monoisotopic (exact) mass is 612 g/mol. The number of hydrogen-bond donors (Lipinski definition) is 2. The summed E-state index contributed by atoms with van der Waals surface area (Å²) in [6, 6.07) is 11.4. The highest BCUT2D eigenvalue weighted by molar-refractivity contribution is 7.89. The molecule has 14 heteroatoms. The van der Waals surface area contributed by atoms with E-state index in [1.807, 2.05) is 0 Å². The number of alkyl halides is 6. The second kappa shape index (κ2) is 11.2. The van der Waals surface area contributed by atoms with Gasteiger partial charge in [0, 0.05) is 5.39 Å². The highest BCUT2D eigenvalue weighted by atomic mass is 32.2. The molecule has 0 saturated heterocycles. The number of carboxylic acids is 1. The minimum absolute atomic E-state index is 0.168. The molecular weight excluding hydrogens is 590 g/mol. The second-order valence-corrected chi connectivity index (χ2v) is 11.2. The zero-order chi connectivity index (χ0) is 31.0. The Morgan fingerprint density at radius 1 is 0.857 bits per heavy atom. The quantitative estimate of drug-likeness (QED) is 0.207. The van der Waals surface area contributed by atoms with Crippen LogP contribution in [-0.4, -0.2) is 30.8 Å². The van der Waals surface area contributed by atoms with Crippen LogP contribution in [0.5, 0.6) is 5.75 Å². The van der Waals surface area contributed by atoms with Crippen molar-refractivity contribution in [3.05, 3.63) is 101 Å². The van der Waals surface area contributed by atoms with Crippen LogP contribution in [0.2, 0.25) is 0 Å². The summed E-state index contributed by atoms with van der Waals surface area (Å²) in [5.74, 6) is -2.41. The summed E-state index contributed by atoms with van der Waals surface area (Å²) >= 11 is 0. The van der Waals surface area contributed by atoms with Crippen LogP contribution in [0.3, 0.4) is 0 Å². The number of sulfonamides is 1. The van der Waals surface area contributed by atoms with Crippen LogP contribution in [-0.2, 0) is 16.2 Å². The maximum Gasteiger partial charge on any atom is 0.573 e. The largest absolute Gasteiger partial charge is 0.573 e. The van der Waals surface area contributed by atoms with E-state index in [4.69, 9.17) is 5.11 Å². The summed E-state index contributed by atoms with van der Waals surface area (Å²) in [7, 11) is -4.65. The van der Waals surface area contributed by atoms with E-state index in [0.29, 0.717) is 0 Å². The summed E-state index contributed by atoms with van der Waals surface area (Å²) in [6.45, 7) is 3.39. The van der Waals surface area contributed by atoms with Gasteiger partial charge in [0.25, 0.3) is 0 Å². The number of carboxylic acid groups (broad SMARTS) is 1. The molecule has 1 unspecified atom stereocenters. The highest BCUT2D eigenvalue weighted by Gasteiger charge is 2.41. The third-order valence-corrected chi connectivity index (χ3v) is 7.64. The first-order valence-corrected chi connectivity index (χ1v) is 13.7. The van der Waals surface area contributed by atoms with Gasteiger partial charge in [0.2, 0.25) is 10.0 Å². The maximum absolute atomic E-state index is 14.7. The first-order chi connectivity index (χ1) is 19.5. The van der Waals surface area contributed by atoms with Gasteiger partial charge >= 0.3 is 18.5 Å². The average molecular weight is 613 g/mol. The number of rotatable bonds is 8. The molecule has 0 aliphatic carbocycles. The molecule has 42 heavy (non-hydrogen) atoms. The number of halogens is 6. The highest BCUT2D eigenvalue weighted by Crippen LogP contribution is 2.42. The summed E-state index contributed by atoms with van der Waals surface area (Å²) in [5.41, 5.74) is -2.12. The van der Waals surface area contributed by atoms with Crippen LogP contribution in [0.25, 0.3) is 10.8 Å². The molecule has 0 spiro atoms. The molecule has 0 fully saturated rings. The topological polar surface area (TPSA) is 106 Å². The molecule has 0 radical (unpaired) electrons. The lowest BCUT2D eigenvalue weighted by atomic mass is 9.92. The molecule has 1 heterocycles. The van der Waals surface area contributed by atoms with Crippen molar-refractivity contribution in [2.75, 3.05) is 0 Å². The van der Waals surface area contributed by atoms with Crippen molar-refractivity contribution in [1.82, 2.24) is 9.71 Å². The van der Waals surface area contributed by atoms with Gasteiger partial charge in [-0.3, -0.25) is 4.98 Å². The van der Waals surface area contributed by atoms with Crippen molar-refractivity contribution in [2.24, 2.45) is 0 Å². The van der Waals surface area contributed by atoms with Gasteiger partial charge in [-0.2, -0.15) is 17.9 Å². The molecule has 0 aliphatic rings. The van der Waals surface area contributed by atoms with E-state index in [9.17, 15) is 39.6 Å². The fraction of sp³-hybridized carbons (Fsp3) is 0.214. The van der Waals surface area contributed by atoms with Gasteiger partial charge in [-0.05, 0) is 53.3 Å². The minimum atomic E-state index is -5.04. The van der Waals surface area contributed by atoms with Crippen LogP contribution in [0.15, 0.2) is 77.7 Å². The van der Waals surface area contributed by atoms with Gasteiger partial charge in [0.05, 0.1) is 33.5 Å². The third kappa shape index (κ3) is 6.65. The van der Waals surface area contributed by atoms with Crippen molar-refractivity contribution >= 4 is 26.8 Å². The van der Waals surface area contributed by atoms with Gasteiger partial charge in [-0.1, -0.05) is 50.2 Å². The number of aromatic carboxylic acids is 1. The zero-order valence-corrected chi connectivity index (χ0v) is 22.6. The predicted molar refractivity (Wildman–Crippen MR) is 140 cm³/mol. The molecule has 2 N–H and O–H groups in total. The van der Waals surface area contributed by atoms with Crippen LogP contribution >= 0.6 is 0 Å². The van der Waals surface area contributed by atoms with E-state index in [1.54, 1.807) is 13.8 Å². The Morgan fingerprint density at radius 2 is 1.43 bits per heavy atom. The smallest absolute Gasteiger partial charge is 0.478 e. The Hall–Kier alpha value is -4.17. The van der Waals surface area contributed by atoms with Crippen LogP contribution in [0.4, 0.5) is 26.3 Å². The summed E-state index contributed by atoms with van der Waals surface area (Å²) < 4.78 is 115. The maximum atomic E-state index is 14.7. The van der Waals surface area contributed by atoms with Crippen LogP contribution in [0.1, 0.15) is 58.7 Å². The fourth-order valence-corrected chi connectivity index (χ4v) is 5.59. The van der Waals surface area contributed by atoms with E-state index in [-0.39, 0.29) is 27.6 Å². The minimum Gasteiger partial charge on any atom is -0.478 e. The molecule has 0 amide bonds. The summed E-state index contributed by atoms with van der Waals surface area (Å²) in [5, 5.41) is 9.07. The predicted octanol–water partition coefficient (Wildman–Crippen LogP) is 7.04. The molecule has 0 saturated carbocycles.